The SMILES string of the molecule is CS(=O)(=O)N(CC(=O)N1CCCCC1)c1ccc(OCc2ccccc2)cc1. The predicted molar refractivity (Wildman–Crippen MR) is 110 cm³/mol. The maximum atomic E-state index is 12.5. The van der Waals surface area contributed by atoms with Crippen molar-refractivity contribution in [1.29, 1.82) is 0 Å². The maximum absolute atomic E-state index is 12.5. The summed E-state index contributed by atoms with van der Waals surface area (Å²) >= 11 is 0. The predicted octanol–water partition coefficient (Wildman–Crippen LogP) is 3.04. The number of anilines is 1. The Bertz CT molecular complexity index is 876. The van der Waals surface area contributed by atoms with Crippen LogP contribution < -0.4 is 9.04 Å². The molecule has 0 N–H and O–H groups in total. The molecule has 1 heterocycles. The summed E-state index contributed by atoms with van der Waals surface area (Å²) in [6, 6.07) is 16.6. The molecule has 0 bridgehead atoms. The first kappa shape index (κ1) is 20.2. The number of nitrogens with zero attached hydrogens (tertiary/aromatic N) is 2. The summed E-state index contributed by atoms with van der Waals surface area (Å²) in [5.74, 6) is 0.484. The summed E-state index contributed by atoms with van der Waals surface area (Å²) in [6.45, 7) is 1.65. The van der Waals surface area contributed by atoms with Crippen LogP contribution in [0.5, 0.6) is 5.75 Å². The average Bonchev–Trinajstić information content (AvgIpc) is 2.71. The molecule has 28 heavy (non-hydrogen) atoms. The van der Waals surface area contributed by atoms with Gasteiger partial charge in [-0.25, -0.2) is 8.42 Å². The van der Waals surface area contributed by atoms with Crippen molar-refractivity contribution in [2.24, 2.45) is 0 Å². The van der Waals surface area contributed by atoms with Gasteiger partial charge in [-0.05, 0) is 49.1 Å². The third-order valence-corrected chi connectivity index (χ3v) is 5.90. The number of hydrogen-bond donors (Lipinski definition) is 0. The molecule has 3 rings (SSSR count). The average molecular weight is 403 g/mol. The van der Waals surface area contributed by atoms with Gasteiger partial charge in [-0.15, -0.1) is 0 Å². The van der Waals surface area contributed by atoms with Gasteiger partial charge in [-0.3, -0.25) is 9.10 Å². The Morgan fingerprint density at radius 2 is 1.64 bits per heavy atom. The lowest BCUT2D eigenvalue weighted by molar-refractivity contribution is -0.130. The van der Waals surface area contributed by atoms with Gasteiger partial charge < -0.3 is 9.64 Å². The van der Waals surface area contributed by atoms with Crippen LogP contribution in [-0.2, 0) is 21.4 Å². The molecule has 2 aromatic carbocycles. The fraction of sp³-hybridized carbons (Fsp3) is 0.381. The third kappa shape index (κ3) is 5.48. The van der Waals surface area contributed by atoms with E-state index in [1.54, 1.807) is 29.2 Å². The van der Waals surface area contributed by atoms with E-state index in [9.17, 15) is 13.2 Å². The van der Waals surface area contributed by atoms with Crippen LogP contribution in [0.4, 0.5) is 5.69 Å². The quantitative estimate of drug-likeness (QED) is 0.714. The van der Waals surface area contributed by atoms with Crippen molar-refractivity contribution in [2.75, 3.05) is 30.2 Å². The topological polar surface area (TPSA) is 66.9 Å². The minimum Gasteiger partial charge on any atom is -0.489 e. The van der Waals surface area contributed by atoms with Crippen LogP contribution in [0.2, 0.25) is 0 Å². The van der Waals surface area contributed by atoms with E-state index in [2.05, 4.69) is 0 Å². The van der Waals surface area contributed by atoms with Gasteiger partial charge in [-0.2, -0.15) is 0 Å². The van der Waals surface area contributed by atoms with Gasteiger partial charge in [0.25, 0.3) is 0 Å². The molecule has 150 valence electrons. The first-order valence-electron chi connectivity index (χ1n) is 9.46. The van der Waals surface area contributed by atoms with E-state index in [-0.39, 0.29) is 12.5 Å². The summed E-state index contributed by atoms with van der Waals surface area (Å²) in [5, 5.41) is 0. The van der Waals surface area contributed by atoms with Crippen LogP contribution in [0.15, 0.2) is 54.6 Å². The third-order valence-electron chi connectivity index (χ3n) is 4.76. The van der Waals surface area contributed by atoms with E-state index in [0.717, 1.165) is 35.4 Å². The summed E-state index contributed by atoms with van der Waals surface area (Å²) in [5.41, 5.74) is 1.51. The fourth-order valence-corrected chi connectivity index (χ4v) is 4.07. The van der Waals surface area contributed by atoms with E-state index in [0.29, 0.717) is 31.1 Å². The Balaban J connectivity index is 1.67. The van der Waals surface area contributed by atoms with Crippen molar-refractivity contribution < 1.29 is 17.9 Å². The van der Waals surface area contributed by atoms with Gasteiger partial charge in [0.2, 0.25) is 15.9 Å². The number of sulfonamides is 1. The minimum atomic E-state index is -3.57. The lowest BCUT2D eigenvalue weighted by Crippen LogP contribution is -2.44. The summed E-state index contributed by atoms with van der Waals surface area (Å²) in [7, 11) is -3.57. The first-order valence-corrected chi connectivity index (χ1v) is 11.3. The molecule has 0 aromatic heterocycles. The van der Waals surface area contributed by atoms with Crippen molar-refractivity contribution in [1.82, 2.24) is 4.90 Å². The number of piperidine rings is 1. The molecule has 7 heteroatoms. The molecule has 1 aliphatic heterocycles. The number of benzene rings is 2. The second kappa shape index (κ2) is 9.10. The van der Waals surface area contributed by atoms with E-state index >= 15 is 0 Å². The lowest BCUT2D eigenvalue weighted by atomic mass is 10.1. The second-order valence-corrected chi connectivity index (χ2v) is 8.89. The summed E-state index contributed by atoms with van der Waals surface area (Å²) < 4.78 is 31.4. The van der Waals surface area contributed by atoms with Gasteiger partial charge in [0, 0.05) is 13.1 Å². The number of carbonyl (C=O) groups excluding carboxylic acids is 1. The van der Waals surface area contributed by atoms with Crippen molar-refractivity contribution in [3.8, 4) is 5.75 Å². The van der Waals surface area contributed by atoms with Crippen LogP contribution in [-0.4, -0.2) is 45.1 Å². The monoisotopic (exact) mass is 402 g/mol. The van der Waals surface area contributed by atoms with E-state index in [1.807, 2.05) is 30.3 Å². The van der Waals surface area contributed by atoms with Crippen LogP contribution >= 0.6 is 0 Å². The summed E-state index contributed by atoms with van der Waals surface area (Å²) in [4.78, 5) is 14.3. The zero-order valence-electron chi connectivity index (χ0n) is 16.1. The number of likely N-dealkylation sites (tertiary alicyclic amines) is 1. The van der Waals surface area contributed by atoms with Crippen LogP contribution in [0.1, 0.15) is 24.8 Å². The number of rotatable bonds is 7. The van der Waals surface area contributed by atoms with Crippen molar-refractivity contribution in [3.05, 3.63) is 60.2 Å². The van der Waals surface area contributed by atoms with Crippen molar-refractivity contribution in [2.45, 2.75) is 25.9 Å². The minimum absolute atomic E-state index is 0.158. The molecule has 1 amide bonds. The van der Waals surface area contributed by atoms with Crippen LogP contribution in [0.3, 0.4) is 0 Å². The molecule has 0 radical (unpaired) electrons. The number of hydrogen-bond acceptors (Lipinski definition) is 4. The van der Waals surface area contributed by atoms with Crippen LogP contribution in [0, 0.1) is 0 Å². The van der Waals surface area contributed by atoms with E-state index in [1.165, 1.54) is 0 Å². The molecule has 6 nitrogen and oxygen atoms in total. The Morgan fingerprint density at radius 1 is 1.00 bits per heavy atom. The lowest BCUT2D eigenvalue weighted by Gasteiger charge is -2.30. The molecule has 1 fully saturated rings. The van der Waals surface area contributed by atoms with Crippen LogP contribution in [0.25, 0.3) is 0 Å². The van der Waals surface area contributed by atoms with Gasteiger partial charge in [-0.1, -0.05) is 30.3 Å². The first-order chi connectivity index (χ1) is 13.4. The van der Waals surface area contributed by atoms with Gasteiger partial charge in [0.05, 0.1) is 11.9 Å². The molecule has 0 aliphatic carbocycles. The molecule has 0 unspecified atom stereocenters. The molecule has 2 aromatic rings. The Kier molecular flexibility index (Phi) is 6.57. The molecule has 0 atom stereocenters. The highest BCUT2D eigenvalue weighted by Gasteiger charge is 2.24. The Morgan fingerprint density at radius 3 is 2.25 bits per heavy atom. The molecule has 1 saturated heterocycles. The highest BCUT2D eigenvalue weighted by molar-refractivity contribution is 7.92. The largest absolute Gasteiger partial charge is 0.489 e. The molecular formula is C21H26N2O4S. The summed E-state index contributed by atoms with van der Waals surface area (Å²) in [6.07, 6.45) is 4.18. The maximum Gasteiger partial charge on any atom is 0.243 e. The molecular weight excluding hydrogens is 376 g/mol. The highest BCUT2D eigenvalue weighted by Crippen LogP contribution is 2.23. The standard InChI is InChI=1S/C21H26N2O4S/c1-28(25,26)23(16-21(24)22-14-6-3-7-15-22)19-10-12-20(13-11-19)27-17-18-8-4-2-5-9-18/h2,4-5,8-13H,3,6-7,14-17H2,1H3. The zero-order valence-corrected chi connectivity index (χ0v) is 16.9. The fourth-order valence-electron chi connectivity index (χ4n) is 3.22. The van der Waals surface area contributed by atoms with Gasteiger partial charge >= 0.3 is 0 Å². The second-order valence-electron chi connectivity index (χ2n) is 6.98. The molecule has 1 aliphatic rings. The van der Waals surface area contributed by atoms with Gasteiger partial charge in [0.15, 0.2) is 0 Å². The van der Waals surface area contributed by atoms with Crippen molar-refractivity contribution >= 4 is 21.6 Å². The number of ether oxygens (including phenoxy) is 1. The Hall–Kier alpha value is -2.54. The van der Waals surface area contributed by atoms with E-state index < -0.39 is 10.0 Å². The number of amides is 1. The smallest absolute Gasteiger partial charge is 0.243 e. The van der Waals surface area contributed by atoms with Crippen molar-refractivity contribution in [3.63, 3.8) is 0 Å². The highest BCUT2D eigenvalue weighted by atomic mass is 32.2. The number of carbonyl (C=O) groups is 1. The van der Waals surface area contributed by atoms with E-state index in [4.69, 9.17) is 4.74 Å². The molecule has 0 spiro atoms. The Labute approximate surface area is 166 Å². The van der Waals surface area contributed by atoms with Gasteiger partial charge in [0.1, 0.15) is 18.9 Å². The zero-order chi connectivity index (χ0) is 20.0. The molecule has 0 saturated carbocycles. The normalized spacial score (nSPS) is 14.5.